The Morgan fingerprint density at radius 1 is 1.03 bits per heavy atom. The van der Waals surface area contributed by atoms with Crippen molar-refractivity contribution in [1.82, 2.24) is 5.32 Å². The normalized spacial score (nSPS) is 11.3. The van der Waals surface area contributed by atoms with Crippen molar-refractivity contribution < 1.29 is 9.47 Å². The first-order chi connectivity index (χ1) is 15.2. The van der Waals surface area contributed by atoms with Crippen molar-refractivity contribution in [2.75, 3.05) is 20.4 Å². The number of rotatable bonds is 10. The molecule has 9 nitrogen and oxygen atoms in total. The number of fused-ring (bicyclic) bond motifs is 1. The minimum absolute atomic E-state index is 0.0654. The standard InChI is InChI=1S/C22H23N7O2/c1-15-10-16(6-9-22(15)30-2)12-25-21(13-26-28-23)20-5-3-4-17-11-18(7-8-19(17)20)31-14-27-29-24/h3-11,21,25H,12-14H2,1-2H3. The molecule has 0 spiro atoms. The molecule has 3 rings (SSSR count). The van der Waals surface area contributed by atoms with Gasteiger partial charge in [-0.2, -0.15) is 0 Å². The number of methoxy groups -OCH3 is 1. The van der Waals surface area contributed by atoms with E-state index in [0.717, 1.165) is 33.2 Å². The lowest BCUT2D eigenvalue weighted by Crippen LogP contribution is -2.23. The lowest BCUT2D eigenvalue weighted by molar-refractivity contribution is 0.329. The zero-order chi connectivity index (χ0) is 22.1. The summed E-state index contributed by atoms with van der Waals surface area (Å²) in [6.07, 6.45) is 0. The second kappa shape index (κ2) is 10.8. The molecule has 0 amide bonds. The van der Waals surface area contributed by atoms with Crippen molar-refractivity contribution >= 4 is 10.8 Å². The van der Waals surface area contributed by atoms with E-state index in [4.69, 9.17) is 20.5 Å². The summed E-state index contributed by atoms with van der Waals surface area (Å²) in [5.41, 5.74) is 20.4. The Labute approximate surface area is 179 Å². The van der Waals surface area contributed by atoms with Gasteiger partial charge in [0.1, 0.15) is 11.5 Å². The van der Waals surface area contributed by atoms with Crippen LogP contribution in [0.15, 0.2) is 64.8 Å². The van der Waals surface area contributed by atoms with Gasteiger partial charge < -0.3 is 14.8 Å². The van der Waals surface area contributed by atoms with Crippen LogP contribution in [0.2, 0.25) is 0 Å². The number of benzene rings is 3. The molecule has 3 aromatic carbocycles. The van der Waals surface area contributed by atoms with Crippen LogP contribution < -0.4 is 14.8 Å². The van der Waals surface area contributed by atoms with Gasteiger partial charge in [-0.05, 0) is 63.6 Å². The molecule has 0 heterocycles. The van der Waals surface area contributed by atoms with E-state index in [9.17, 15) is 0 Å². The quantitative estimate of drug-likeness (QED) is 0.249. The second-order valence-electron chi connectivity index (χ2n) is 6.89. The number of nitrogens with zero attached hydrogens (tertiary/aromatic N) is 6. The smallest absolute Gasteiger partial charge is 0.167 e. The molecule has 9 heteroatoms. The van der Waals surface area contributed by atoms with Crippen LogP contribution in [0.4, 0.5) is 0 Å². The van der Waals surface area contributed by atoms with Crippen molar-refractivity contribution in [2.24, 2.45) is 10.2 Å². The van der Waals surface area contributed by atoms with Crippen molar-refractivity contribution in [1.29, 1.82) is 0 Å². The third kappa shape index (κ3) is 5.58. The summed E-state index contributed by atoms with van der Waals surface area (Å²) in [7, 11) is 1.66. The SMILES string of the molecule is COc1ccc(CNC(CN=[N+]=[N-])c2cccc3cc(OCN=[N+]=[N-])ccc23)cc1C. The van der Waals surface area contributed by atoms with Crippen molar-refractivity contribution in [2.45, 2.75) is 19.5 Å². The lowest BCUT2D eigenvalue weighted by atomic mass is 9.98. The highest BCUT2D eigenvalue weighted by Gasteiger charge is 2.14. The first-order valence-electron chi connectivity index (χ1n) is 9.70. The summed E-state index contributed by atoms with van der Waals surface area (Å²) >= 11 is 0. The van der Waals surface area contributed by atoms with Gasteiger partial charge in [-0.25, -0.2) is 0 Å². The fraction of sp³-hybridized carbons (Fsp3) is 0.273. The third-order valence-corrected chi connectivity index (χ3v) is 4.95. The van der Waals surface area contributed by atoms with Gasteiger partial charge in [0.25, 0.3) is 0 Å². The van der Waals surface area contributed by atoms with E-state index in [1.54, 1.807) is 7.11 Å². The Morgan fingerprint density at radius 2 is 1.87 bits per heavy atom. The van der Waals surface area contributed by atoms with E-state index in [2.05, 4.69) is 31.4 Å². The zero-order valence-corrected chi connectivity index (χ0v) is 17.4. The van der Waals surface area contributed by atoms with Crippen LogP contribution in [0.5, 0.6) is 11.5 Å². The molecule has 31 heavy (non-hydrogen) atoms. The molecule has 1 N–H and O–H groups in total. The fourth-order valence-corrected chi connectivity index (χ4v) is 3.49. The Morgan fingerprint density at radius 3 is 2.61 bits per heavy atom. The van der Waals surface area contributed by atoms with Crippen molar-refractivity contribution in [3.63, 3.8) is 0 Å². The number of hydrogen-bond acceptors (Lipinski definition) is 5. The summed E-state index contributed by atoms with van der Waals surface area (Å²) < 4.78 is 10.8. The minimum Gasteiger partial charge on any atom is -0.496 e. The van der Waals surface area contributed by atoms with E-state index in [1.807, 2.05) is 55.5 Å². The number of hydrogen-bond donors (Lipinski definition) is 1. The summed E-state index contributed by atoms with van der Waals surface area (Å²) in [4.78, 5) is 5.62. The summed E-state index contributed by atoms with van der Waals surface area (Å²) in [5.74, 6) is 1.47. The molecule has 1 atom stereocenters. The molecule has 0 aliphatic rings. The average molecular weight is 417 g/mol. The Bertz CT molecular complexity index is 1150. The predicted molar refractivity (Wildman–Crippen MR) is 120 cm³/mol. The lowest BCUT2D eigenvalue weighted by Gasteiger charge is -2.20. The summed E-state index contributed by atoms with van der Waals surface area (Å²) in [6.45, 7) is 2.83. The van der Waals surface area contributed by atoms with E-state index >= 15 is 0 Å². The van der Waals surface area contributed by atoms with Crippen LogP contribution in [0.25, 0.3) is 31.7 Å². The second-order valence-corrected chi connectivity index (χ2v) is 6.89. The Hall–Kier alpha value is -3.90. The average Bonchev–Trinajstić information content (AvgIpc) is 2.79. The molecule has 0 saturated carbocycles. The van der Waals surface area contributed by atoms with Crippen molar-refractivity contribution in [3.8, 4) is 11.5 Å². The highest BCUT2D eigenvalue weighted by molar-refractivity contribution is 5.87. The maximum absolute atomic E-state index is 8.86. The molecule has 0 saturated heterocycles. The monoisotopic (exact) mass is 417 g/mol. The molecule has 0 radical (unpaired) electrons. The molecule has 158 valence electrons. The van der Waals surface area contributed by atoms with Crippen LogP contribution in [0.1, 0.15) is 22.7 Å². The van der Waals surface area contributed by atoms with Crippen LogP contribution in [-0.4, -0.2) is 20.4 Å². The predicted octanol–water partition coefficient (Wildman–Crippen LogP) is 5.94. The third-order valence-electron chi connectivity index (χ3n) is 4.95. The Kier molecular flexibility index (Phi) is 7.56. The minimum atomic E-state index is -0.169. The number of azide groups is 2. The van der Waals surface area contributed by atoms with Gasteiger partial charge in [-0.15, -0.1) is 0 Å². The number of nitrogens with one attached hydrogen (secondary N) is 1. The van der Waals surface area contributed by atoms with Gasteiger partial charge in [0.05, 0.1) is 7.11 Å². The van der Waals surface area contributed by atoms with Crippen LogP contribution in [-0.2, 0) is 6.54 Å². The molecule has 0 fully saturated rings. The van der Waals surface area contributed by atoms with Gasteiger partial charge >= 0.3 is 0 Å². The van der Waals surface area contributed by atoms with Crippen LogP contribution in [0.3, 0.4) is 0 Å². The molecule has 3 aromatic rings. The molecule has 0 bridgehead atoms. The number of aryl methyl sites for hydroxylation is 1. The number of ether oxygens (including phenoxy) is 2. The molecule has 0 aromatic heterocycles. The van der Waals surface area contributed by atoms with Gasteiger partial charge in [0.2, 0.25) is 0 Å². The van der Waals surface area contributed by atoms with Gasteiger partial charge in [-0.3, -0.25) is 0 Å². The topological polar surface area (TPSA) is 128 Å². The molecular formula is C22H23N7O2. The van der Waals surface area contributed by atoms with Gasteiger partial charge in [0.15, 0.2) is 6.73 Å². The van der Waals surface area contributed by atoms with E-state index in [1.165, 1.54) is 0 Å². The first kappa shape index (κ1) is 21.8. The van der Waals surface area contributed by atoms with E-state index < -0.39 is 0 Å². The van der Waals surface area contributed by atoms with Crippen molar-refractivity contribution in [3.05, 3.63) is 92.2 Å². The molecular weight excluding hydrogens is 394 g/mol. The molecule has 0 aliphatic carbocycles. The maximum atomic E-state index is 8.86. The highest BCUT2D eigenvalue weighted by atomic mass is 16.5. The molecule has 1 unspecified atom stereocenters. The van der Waals surface area contributed by atoms with E-state index in [0.29, 0.717) is 12.3 Å². The summed E-state index contributed by atoms with van der Waals surface area (Å²) in [6, 6.07) is 17.5. The van der Waals surface area contributed by atoms with E-state index in [-0.39, 0.29) is 19.3 Å². The maximum Gasteiger partial charge on any atom is 0.167 e. The summed E-state index contributed by atoms with van der Waals surface area (Å²) in [5, 5.41) is 12.7. The van der Waals surface area contributed by atoms with Crippen LogP contribution >= 0.6 is 0 Å². The van der Waals surface area contributed by atoms with Crippen LogP contribution in [0, 0.1) is 6.92 Å². The zero-order valence-electron chi connectivity index (χ0n) is 17.4. The van der Waals surface area contributed by atoms with Gasteiger partial charge in [0, 0.05) is 29.0 Å². The molecule has 0 aliphatic heterocycles. The fourth-order valence-electron chi connectivity index (χ4n) is 3.49. The largest absolute Gasteiger partial charge is 0.496 e. The highest BCUT2D eigenvalue weighted by Crippen LogP contribution is 2.28. The van der Waals surface area contributed by atoms with Gasteiger partial charge in [-0.1, -0.05) is 46.6 Å². The Balaban J connectivity index is 1.86. The first-order valence-corrected chi connectivity index (χ1v) is 9.70.